The fourth-order valence-corrected chi connectivity index (χ4v) is 1.21. The monoisotopic (exact) mass is 228 g/mol. The first kappa shape index (κ1) is 12.4. The van der Waals surface area contributed by atoms with Gasteiger partial charge in [0.1, 0.15) is 5.82 Å². The molecule has 0 saturated carbocycles. The molecule has 1 unspecified atom stereocenters. The van der Waals surface area contributed by atoms with Gasteiger partial charge in [-0.2, -0.15) is 0 Å². The molecule has 0 fully saturated rings. The van der Waals surface area contributed by atoms with Crippen molar-refractivity contribution in [2.24, 2.45) is 5.73 Å². The summed E-state index contributed by atoms with van der Waals surface area (Å²) in [5.74, 6) is -1.62. The lowest BCUT2D eigenvalue weighted by atomic mass is 10.1. The Morgan fingerprint density at radius 3 is 2.81 bits per heavy atom. The van der Waals surface area contributed by atoms with Crippen LogP contribution >= 0.6 is 0 Å². The number of carbonyl (C=O) groups is 1. The molecular formula is C10H13FN2O3. The summed E-state index contributed by atoms with van der Waals surface area (Å²) >= 11 is 0. The van der Waals surface area contributed by atoms with Gasteiger partial charge in [-0.15, -0.1) is 0 Å². The van der Waals surface area contributed by atoms with Gasteiger partial charge in [0.25, 0.3) is 5.91 Å². The lowest BCUT2D eigenvalue weighted by Crippen LogP contribution is -2.25. The molecule has 1 atom stereocenters. The quantitative estimate of drug-likeness (QED) is 0.556. The number of hydrogen-bond donors (Lipinski definition) is 4. The zero-order chi connectivity index (χ0) is 12.1. The second kappa shape index (κ2) is 5.43. The Labute approximate surface area is 91.7 Å². The summed E-state index contributed by atoms with van der Waals surface area (Å²) in [6, 6.07) is 4.00. The van der Waals surface area contributed by atoms with Crippen molar-refractivity contribution in [3.63, 3.8) is 0 Å². The van der Waals surface area contributed by atoms with Crippen LogP contribution in [0.3, 0.4) is 0 Å². The van der Waals surface area contributed by atoms with Crippen LogP contribution in [0.25, 0.3) is 0 Å². The van der Waals surface area contributed by atoms with Crippen LogP contribution in [0.4, 0.5) is 10.1 Å². The number of amides is 1. The van der Waals surface area contributed by atoms with E-state index in [9.17, 15) is 9.18 Å². The average Bonchev–Trinajstić information content (AvgIpc) is 2.25. The van der Waals surface area contributed by atoms with Gasteiger partial charge in [0.05, 0.1) is 18.3 Å². The fourth-order valence-electron chi connectivity index (χ4n) is 1.21. The molecule has 0 bridgehead atoms. The van der Waals surface area contributed by atoms with Crippen LogP contribution in [0.15, 0.2) is 18.2 Å². The zero-order valence-electron chi connectivity index (χ0n) is 8.48. The van der Waals surface area contributed by atoms with E-state index < -0.39 is 24.4 Å². The number of primary amides is 1. The summed E-state index contributed by atoms with van der Waals surface area (Å²) in [7, 11) is 0. The maximum Gasteiger partial charge on any atom is 0.253 e. The summed E-state index contributed by atoms with van der Waals surface area (Å²) < 4.78 is 13.3. The Balaban J connectivity index is 2.87. The molecule has 0 radical (unpaired) electrons. The van der Waals surface area contributed by atoms with E-state index in [1.54, 1.807) is 0 Å². The molecule has 1 aromatic rings. The van der Waals surface area contributed by atoms with E-state index in [-0.39, 0.29) is 17.8 Å². The minimum absolute atomic E-state index is 0.000231. The number of benzene rings is 1. The minimum Gasteiger partial charge on any atom is -0.394 e. The molecule has 0 aliphatic rings. The molecule has 0 spiro atoms. The van der Waals surface area contributed by atoms with Crippen LogP contribution < -0.4 is 11.1 Å². The smallest absolute Gasteiger partial charge is 0.253 e. The van der Waals surface area contributed by atoms with Gasteiger partial charge >= 0.3 is 0 Å². The Morgan fingerprint density at radius 1 is 1.56 bits per heavy atom. The number of aliphatic hydroxyl groups is 2. The van der Waals surface area contributed by atoms with Crippen LogP contribution in [0.5, 0.6) is 0 Å². The highest BCUT2D eigenvalue weighted by Crippen LogP contribution is 2.18. The van der Waals surface area contributed by atoms with Gasteiger partial charge in [-0.3, -0.25) is 4.79 Å². The SMILES string of the molecule is NC(=O)c1c(F)cccc1NCC(O)CO. The van der Waals surface area contributed by atoms with Crippen molar-refractivity contribution < 1.29 is 19.4 Å². The maximum atomic E-state index is 13.3. The predicted molar refractivity (Wildman–Crippen MR) is 56.5 cm³/mol. The molecule has 0 saturated heterocycles. The lowest BCUT2D eigenvalue weighted by Gasteiger charge is -2.12. The highest BCUT2D eigenvalue weighted by atomic mass is 19.1. The Morgan fingerprint density at radius 2 is 2.25 bits per heavy atom. The topological polar surface area (TPSA) is 95.6 Å². The molecule has 0 aliphatic heterocycles. The van der Waals surface area contributed by atoms with Gasteiger partial charge in [-0.1, -0.05) is 6.07 Å². The van der Waals surface area contributed by atoms with Crippen molar-refractivity contribution in [2.75, 3.05) is 18.5 Å². The van der Waals surface area contributed by atoms with Gasteiger partial charge in [0.15, 0.2) is 0 Å². The van der Waals surface area contributed by atoms with Crippen LogP contribution in [0.2, 0.25) is 0 Å². The first-order valence-electron chi connectivity index (χ1n) is 4.67. The number of halogens is 1. The van der Waals surface area contributed by atoms with Gasteiger partial charge in [-0.05, 0) is 12.1 Å². The van der Waals surface area contributed by atoms with E-state index in [1.165, 1.54) is 12.1 Å². The molecular weight excluding hydrogens is 215 g/mol. The number of rotatable bonds is 5. The molecule has 1 amide bonds. The molecule has 0 heterocycles. The Kier molecular flexibility index (Phi) is 4.21. The summed E-state index contributed by atoms with van der Waals surface area (Å²) in [4.78, 5) is 11.0. The summed E-state index contributed by atoms with van der Waals surface area (Å²) in [6.07, 6.45) is -0.982. The molecule has 5 N–H and O–H groups in total. The second-order valence-corrected chi connectivity index (χ2v) is 3.24. The van der Waals surface area contributed by atoms with Crippen LogP contribution in [-0.4, -0.2) is 35.4 Å². The van der Waals surface area contributed by atoms with Crippen LogP contribution in [0.1, 0.15) is 10.4 Å². The number of anilines is 1. The molecule has 0 aromatic heterocycles. The molecule has 1 aromatic carbocycles. The first-order valence-corrected chi connectivity index (χ1v) is 4.67. The van der Waals surface area contributed by atoms with Crippen molar-refractivity contribution in [1.82, 2.24) is 0 Å². The van der Waals surface area contributed by atoms with E-state index in [0.29, 0.717) is 0 Å². The number of aliphatic hydroxyl groups excluding tert-OH is 2. The Hall–Kier alpha value is -1.66. The minimum atomic E-state index is -0.982. The molecule has 6 heteroatoms. The normalized spacial score (nSPS) is 12.2. The average molecular weight is 228 g/mol. The Bertz CT molecular complexity index is 384. The van der Waals surface area contributed by atoms with Gasteiger partial charge in [-0.25, -0.2) is 4.39 Å². The summed E-state index contributed by atoms with van der Waals surface area (Å²) in [5.41, 5.74) is 4.96. The third kappa shape index (κ3) is 2.91. The molecule has 16 heavy (non-hydrogen) atoms. The summed E-state index contributed by atoms with van der Waals surface area (Å²) in [5, 5.41) is 20.3. The van der Waals surface area contributed by atoms with Crippen molar-refractivity contribution in [2.45, 2.75) is 6.10 Å². The number of nitrogens with one attached hydrogen (secondary N) is 1. The van der Waals surface area contributed by atoms with Gasteiger partial charge in [0.2, 0.25) is 0 Å². The second-order valence-electron chi connectivity index (χ2n) is 3.24. The third-order valence-corrected chi connectivity index (χ3v) is 2.00. The number of carbonyl (C=O) groups excluding carboxylic acids is 1. The standard InChI is InChI=1S/C10H13FN2O3/c11-7-2-1-3-8(9(7)10(12)16)13-4-6(15)5-14/h1-3,6,13-15H,4-5H2,(H2,12,16). The van der Waals surface area contributed by atoms with Crippen molar-refractivity contribution in [3.8, 4) is 0 Å². The van der Waals surface area contributed by atoms with E-state index in [0.717, 1.165) is 6.07 Å². The van der Waals surface area contributed by atoms with Crippen LogP contribution in [-0.2, 0) is 0 Å². The molecule has 5 nitrogen and oxygen atoms in total. The first-order chi connectivity index (χ1) is 7.56. The lowest BCUT2D eigenvalue weighted by molar-refractivity contribution is 0.0995. The number of hydrogen-bond acceptors (Lipinski definition) is 4. The van der Waals surface area contributed by atoms with Crippen molar-refractivity contribution in [3.05, 3.63) is 29.6 Å². The van der Waals surface area contributed by atoms with Gasteiger partial charge < -0.3 is 21.3 Å². The number of nitrogens with two attached hydrogens (primary N) is 1. The zero-order valence-corrected chi connectivity index (χ0v) is 8.48. The fraction of sp³-hybridized carbons (Fsp3) is 0.300. The van der Waals surface area contributed by atoms with Crippen molar-refractivity contribution in [1.29, 1.82) is 0 Å². The highest BCUT2D eigenvalue weighted by molar-refractivity contribution is 5.98. The molecule has 0 aliphatic carbocycles. The van der Waals surface area contributed by atoms with Crippen molar-refractivity contribution >= 4 is 11.6 Å². The third-order valence-electron chi connectivity index (χ3n) is 2.00. The maximum absolute atomic E-state index is 13.3. The van der Waals surface area contributed by atoms with E-state index in [2.05, 4.69) is 5.32 Å². The molecule has 1 rings (SSSR count). The molecule has 88 valence electrons. The van der Waals surface area contributed by atoms with E-state index >= 15 is 0 Å². The van der Waals surface area contributed by atoms with E-state index in [1.807, 2.05) is 0 Å². The summed E-state index contributed by atoms with van der Waals surface area (Å²) in [6.45, 7) is -0.422. The highest BCUT2D eigenvalue weighted by Gasteiger charge is 2.14. The predicted octanol–water partition coefficient (Wildman–Crippen LogP) is -0.310. The van der Waals surface area contributed by atoms with Gasteiger partial charge in [0, 0.05) is 12.2 Å². The van der Waals surface area contributed by atoms with Crippen LogP contribution in [0, 0.1) is 5.82 Å². The van der Waals surface area contributed by atoms with E-state index in [4.69, 9.17) is 15.9 Å². The largest absolute Gasteiger partial charge is 0.394 e.